The number of halogens is 2. The van der Waals surface area contributed by atoms with Crippen molar-refractivity contribution in [3.63, 3.8) is 0 Å². The number of carbonyl (C=O) groups is 1. The van der Waals surface area contributed by atoms with E-state index >= 15 is 0 Å². The minimum absolute atomic E-state index is 0.00226. The highest BCUT2D eigenvalue weighted by molar-refractivity contribution is 6.30. The van der Waals surface area contributed by atoms with E-state index in [1.54, 1.807) is 37.4 Å². The number of benzene rings is 2. The van der Waals surface area contributed by atoms with Crippen molar-refractivity contribution in [2.75, 3.05) is 11.9 Å². The quantitative estimate of drug-likeness (QED) is 0.681. The number of rotatable bonds is 5. The number of anilines is 1. The third kappa shape index (κ3) is 3.93. The largest absolute Gasteiger partial charge is 0.394 e. The van der Waals surface area contributed by atoms with Crippen LogP contribution >= 0.6 is 11.6 Å². The summed E-state index contributed by atoms with van der Waals surface area (Å²) in [4.78, 5) is 25.2. The number of fused-ring (bicyclic) bond motifs is 1. The van der Waals surface area contributed by atoms with Crippen molar-refractivity contribution in [1.82, 2.24) is 4.57 Å². The Morgan fingerprint density at radius 2 is 2.00 bits per heavy atom. The monoisotopic (exact) mass is 402 g/mol. The summed E-state index contributed by atoms with van der Waals surface area (Å²) in [6, 6.07) is 9.09. The Labute approximate surface area is 166 Å². The molecule has 1 heterocycles. The number of aliphatic hydroxyl groups is 1. The second kappa shape index (κ2) is 8.12. The van der Waals surface area contributed by atoms with E-state index in [0.29, 0.717) is 22.0 Å². The number of aryl methyl sites for hydroxylation is 1. The maximum atomic E-state index is 13.6. The first-order valence-electron chi connectivity index (χ1n) is 8.81. The van der Waals surface area contributed by atoms with Crippen molar-refractivity contribution in [3.05, 3.63) is 74.9 Å². The van der Waals surface area contributed by atoms with E-state index < -0.39 is 5.82 Å². The molecule has 1 amide bonds. The molecule has 7 heteroatoms. The molecule has 0 saturated heterocycles. The highest BCUT2D eigenvalue weighted by atomic mass is 35.5. The first-order valence-corrected chi connectivity index (χ1v) is 9.18. The molecule has 0 bridgehead atoms. The molecule has 28 heavy (non-hydrogen) atoms. The zero-order valence-electron chi connectivity index (χ0n) is 15.5. The van der Waals surface area contributed by atoms with Crippen LogP contribution in [0.5, 0.6) is 0 Å². The van der Waals surface area contributed by atoms with E-state index in [-0.39, 0.29) is 35.6 Å². The van der Waals surface area contributed by atoms with Gasteiger partial charge in [-0.15, -0.1) is 0 Å². The van der Waals surface area contributed by atoms with Crippen LogP contribution < -0.4 is 10.9 Å². The normalized spacial score (nSPS) is 12.2. The van der Waals surface area contributed by atoms with Gasteiger partial charge in [-0.05, 0) is 49.2 Å². The molecule has 5 nitrogen and oxygen atoms in total. The average Bonchev–Trinajstić information content (AvgIpc) is 2.66. The van der Waals surface area contributed by atoms with E-state index in [4.69, 9.17) is 11.6 Å². The standard InChI is InChI=1S/C21H20ClFN2O3/c1-12-3-5-16-15(7-8-25(21(16)28)13(2)11-26)20(12)24-19(27)10-14-4-6-17(22)18(23)9-14/h3-9,13,26H,10-11H2,1-2H3,(H,24,27)/t13-/m1/s1. The van der Waals surface area contributed by atoms with Gasteiger partial charge in [-0.1, -0.05) is 23.7 Å². The minimum Gasteiger partial charge on any atom is -0.394 e. The molecule has 0 aliphatic rings. The Kier molecular flexibility index (Phi) is 5.82. The maximum Gasteiger partial charge on any atom is 0.258 e. The Bertz CT molecular complexity index is 1110. The molecular formula is C21H20ClFN2O3. The summed E-state index contributed by atoms with van der Waals surface area (Å²) in [6.45, 7) is 3.42. The van der Waals surface area contributed by atoms with E-state index in [1.165, 1.54) is 16.7 Å². The fourth-order valence-electron chi connectivity index (χ4n) is 3.07. The highest BCUT2D eigenvalue weighted by Crippen LogP contribution is 2.26. The summed E-state index contributed by atoms with van der Waals surface area (Å²) in [5, 5.41) is 13.2. The number of carbonyl (C=O) groups excluding carboxylic acids is 1. The van der Waals surface area contributed by atoms with Crippen LogP contribution in [0.3, 0.4) is 0 Å². The summed E-state index contributed by atoms with van der Waals surface area (Å²) in [5.74, 6) is -0.905. The lowest BCUT2D eigenvalue weighted by Crippen LogP contribution is -2.25. The van der Waals surface area contributed by atoms with Crippen molar-refractivity contribution in [2.24, 2.45) is 0 Å². The van der Waals surface area contributed by atoms with Gasteiger partial charge < -0.3 is 15.0 Å². The van der Waals surface area contributed by atoms with E-state index in [1.807, 2.05) is 6.92 Å². The van der Waals surface area contributed by atoms with E-state index in [2.05, 4.69) is 5.32 Å². The first-order chi connectivity index (χ1) is 13.3. The van der Waals surface area contributed by atoms with Crippen LogP contribution in [0.15, 0.2) is 47.4 Å². The molecule has 146 valence electrons. The summed E-state index contributed by atoms with van der Waals surface area (Å²) < 4.78 is 15.0. The van der Waals surface area contributed by atoms with Gasteiger partial charge in [-0.3, -0.25) is 9.59 Å². The van der Waals surface area contributed by atoms with Gasteiger partial charge in [-0.2, -0.15) is 0 Å². The summed E-state index contributed by atoms with van der Waals surface area (Å²) in [6.07, 6.45) is 1.58. The zero-order chi connectivity index (χ0) is 20.4. The molecule has 0 saturated carbocycles. The molecule has 0 radical (unpaired) electrons. The lowest BCUT2D eigenvalue weighted by molar-refractivity contribution is -0.115. The number of aromatic nitrogens is 1. The van der Waals surface area contributed by atoms with Gasteiger partial charge in [0.05, 0.1) is 29.8 Å². The van der Waals surface area contributed by atoms with Crippen LogP contribution in [0, 0.1) is 12.7 Å². The first kappa shape index (κ1) is 20.0. The fourth-order valence-corrected chi connectivity index (χ4v) is 3.19. The molecule has 1 atom stereocenters. The zero-order valence-corrected chi connectivity index (χ0v) is 16.3. The molecule has 3 aromatic rings. The molecule has 0 aliphatic heterocycles. The van der Waals surface area contributed by atoms with Crippen molar-refractivity contribution >= 4 is 34.0 Å². The predicted octanol–water partition coefficient (Wildman–Crippen LogP) is 3.84. The van der Waals surface area contributed by atoms with Gasteiger partial charge in [0.2, 0.25) is 5.91 Å². The van der Waals surface area contributed by atoms with Crippen molar-refractivity contribution in [1.29, 1.82) is 0 Å². The SMILES string of the molecule is Cc1ccc2c(=O)n([C@H](C)CO)ccc2c1NC(=O)Cc1ccc(Cl)c(F)c1. The Balaban J connectivity index is 1.94. The summed E-state index contributed by atoms with van der Waals surface area (Å²) in [5.41, 5.74) is 1.60. The van der Waals surface area contributed by atoms with Crippen LogP contribution in [0.2, 0.25) is 5.02 Å². The lowest BCUT2D eigenvalue weighted by atomic mass is 10.1. The minimum atomic E-state index is -0.577. The van der Waals surface area contributed by atoms with Gasteiger partial charge in [-0.25, -0.2) is 4.39 Å². The fraction of sp³-hybridized carbons (Fsp3) is 0.238. The second-order valence-corrected chi connectivity index (χ2v) is 7.16. The van der Waals surface area contributed by atoms with Gasteiger partial charge in [0.25, 0.3) is 5.56 Å². The molecule has 3 rings (SSSR count). The Hall–Kier alpha value is -2.70. The van der Waals surface area contributed by atoms with E-state index in [0.717, 1.165) is 5.56 Å². The lowest BCUT2D eigenvalue weighted by Gasteiger charge is -2.16. The van der Waals surface area contributed by atoms with Crippen LogP contribution in [0.25, 0.3) is 10.8 Å². The molecule has 0 fully saturated rings. The van der Waals surface area contributed by atoms with Crippen LogP contribution in [0.4, 0.5) is 10.1 Å². The second-order valence-electron chi connectivity index (χ2n) is 6.75. The third-order valence-corrected chi connectivity index (χ3v) is 4.98. The predicted molar refractivity (Wildman–Crippen MR) is 108 cm³/mol. The molecule has 2 N–H and O–H groups in total. The third-order valence-electron chi connectivity index (χ3n) is 4.67. The number of nitrogens with one attached hydrogen (secondary N) is 1. The molecule has 1 aromatic heterocycles. The van der Waals surface area contributed by atoms with Crippen molar-refractivity contribution in [2.45, 2.75) is 26.3 Å². The van der Waals surface area contributed by atoms with Gasteiger partial charge in [0.1, 0.15) is 5.82 Å². The van der Waals surface area contributed by atoms with E-state index in [9.17, 15) is 19.1 Å². The van der Waals surface area contributed by atoms with Crippen molar-refractivity contribution in [3.8, 4) is 0 Å². The molecule has 0 aliphatic carbocycles. The number of nitrogens with zero attached hydrogens (tertiary/aromatic N) is 1. The van der Waals surface area contributed by atoms with Gasteiger partial charge in [0, 0.05) is 17.0 Å². The number of hydrogen-bond donors (Lipinski definition) is 2. The topological polar surface area (TPSA) is 71.3 Å². The number of hydrogen-bond acceptors (Lipinski definition) is 3. The van der Waals surface area contributed by atoms with Gasteiger partial charge >= 0.3 is 0 Å². The van der Waals surface area contributed by atoms with Crippen LogP contribution in [0.1, 0.15) is 24.1 Å². The number of amides is 1. The molecule has 0 spiro atoms. The number of pyridine rings is 1. The molecule has 2 aromatic carbocycles. The Morgan fingerprint density at radius 1 is 1.25 bits per heavy atom. The smallest absolute Gasteiger partial charge is 0.258 e. The van der Waals surface area contributed by atoms with Crippen LogP contribution in [-0.4, -0.2) is 22.2 Å². The summed E-state index contributed by atoms with van der Waals surface area (Å²) in [7, 11) is 0. The van der Waals surface area contributed by atoms with Crippen molar-refractivity contribution < 1.29 is 14.3 Å². The van der Waals surface area contributed by atoms with Gasteiger partial charge in [0.15, 0.2) is 0 Å². The highest BCUT2D eigenvalue weighted by Gasteiger charge is 2.14. The summed E-state index contributed by atoms with van der Waals surface area (Å²) >= 11 is 5.67. The molecule has 0 unspecified atom stereocenters. The molecular weight excluding hydrogens is 383 g/mol. The number of aliphatic hydroxyl groups excluding tert-OH is 1. The maximum absolute atomic E-state index is 13.6. The Morgan fingerprint density at radius 3 is 2.68 bits per heavy atom. The van der Waals surface area contributed by atoms with Crippen LogP contribution in [-0.2, 0) is 11.2 Å². The average molecular weight is 403 g/mol.